The van der Waals surface area contributed by atoms with Crippen molar-refractivity contribution in [3.8, 4) is 0 Å². The van der Waals surface area contributed by atoms with Gasteiger partial charge in [-0.05, 0) is 54.4 Å². The van der Waals surface area contributed by atoms with Crippen LogP contribution < -0.4 is 5.32 Å². The molecule has 0 saturated carbocycles. The van der Waals surface area contributed by atoms with Crippen LogP contribution in [0.15, 0.2) is 82.2 Å². The number of aromatic nitrogens is 2. The molecule has 0 aliphatic carbocycles. The summed E-state index contributed by atoms with van der Waals surface area (Å²) in [5.74, 6) is 0.812. The summed E-state index contributed by atoms with van der Waals surface area (Å²) in [6, 6.07) is 14.5. The van der Waals surface area contributed by atoms with E-state index in [1.807, 2.05) is 42.0 Å². The van der Waals surface area contributed by atoms with Crippen molar-refractivity contribution in [1.82, 2.24) is 19.8 Å². The van der Waals surface area contributed by atoms with E-state index < -0.39 is 0 Å². The zero-order valence-electron chi connectivity index (χ0n) is 18.4. The number of carbonyl (C=O) groups is 2. The van der Waals surface area contributed by atoms with Gasteiger partial charge in [-0.25, -0.2) is 0 Å². The molecule has 4 heterocycles. The zero-order valence-corrected chi connectivity index (χ0v) is 18.4. The van der Waals surface area contributed by atoms with E-state index in [1.54, 1.807) is 41.6 Å². The van der Waals surface area contributed by atoms with Crippen LogP contribution in [-0.4, -0.2) is 32.8 Å². The van der Waals surface area contributed by atoms with Crippen LogP contribution in [0.1, 0.15) is 51.5 Å². The summed E-state index contributed by atoms with van der Waals surface area (Å²) in [6.07, 6.45) is 7.67. The molecule has 0 spiro atoms. The van der Waals surface area contributed by atoms with Gasteiger partial charge in [-0.2, -0.15) is 0 Å². The Bertz CT molecular complexity index is 1180. The fraction of sp³-hybridized carbons (Fsp3) is 0.240. The molecule has 0 saturated heterocycles. The molecule has 1 N–H and O–H groups in total. The van der Waals surface area contributed by atoms with Gasteiger partial charge in [0.1, 0.15) is 5.76 Å². The van der Waals surface area contributed by atoms with Crippen molar-refractivity contribution in [3.63, 3.8) is 0 Å². The monoisotopic (exact) mass is 446 g/mol. The number of amides is 2. The molecular weight excluding hydrogens is 420 g/mol. The van der Waals surface area contributed by atoms with Crippen LogP contribution in [-0.2, 0) is 19.6 Å². The van der Waals surface area contributed by atoms with Gasteiger partial charge in [0, 0.05) is 37.4 Å². The summed E-state index contributed by atoms with van der Waals surface area (Å²) in [5.41, 5.74) is 1.87. The van der Waals surface area contributed by atoms with Gasteiger partial charge in [-0.3, -0.25) is 14.6 Å². The Morgan fingerprint density at radius 3 is 2.76 bits per heavy atom. The topological polar surface area (TPSA) is 93.5 Å². The molecule has 4 aromatic rings. The first-order valence-electron chi connectivity index (χ1n) is 10.9. The van der Waals surface area contributed by atoms with Crippen molar-refractivity contribution in [2.75, 3.05) is 6.54 Å². The Hall–Kier alpha value is -4.07. The number of carbonyl (C=O) groups excluding carboxylic acids is 2. The molecule has 0 aromatic carbocycles. The number of pyridine rings is 1. The molecule has 0 aliphatic heterocycles. The van der Waals surface area contributed by atoms with Crippen molar-refractivity contribution in [2.24, 2.45) is 0 Å². The van der Waals surface area contributed by atoms with E-state index in [-0.39, 0.29) is 17.6 Å². The lowest BCUT2D eigenvalue weighted by atomic mass is 10.3. The van der Waals surface area contributed by atoms with E-state index in [0.717, 1.165) is 17.7 Å². The SMILES string of the molecule is CCCN(Cc1cccn1Cc1ccc(C(=O)NCc2cccnc2)o1)C(=O)c1ccco1. The smallest absolute Gasteiger partial charge is 0.289 e. The molecule has 0 bridgehead atoms. The quantitative estimate of drug-likeness (QED) is 0.396. The molecule has 4 aromatic heterocycles. The lowest BCUT2D eigenvalue weighted by Crippen LogP contribution is -2.31. The van der Waals surface area contributed by atoms with Crippen molar-refractivity contribution in [1.29, 1.82) is 0 Å². The number of nitrogens with one attached hydrogen (secondary N) is 1. The fourth-order valence-electron chi connectivity index (χ4n) is 3.55. The molecule has 4 rings (SSSR count). The first kappa shape index (κ1) is 22.1. The molecule has 170 valence electrons. The predicted octanol–water partition coefficient (Wildman–Crippen LogP) is 4.10. The van der Waals surface area contributed by atoms with E-state index in [4.69, 9.17) is 8.83 Å². The molecule has 0 fully saturated rings. The molecule has 8 nitrogen and oxygen atoms in total. The zero-order chi connectivity index (χ0) is 23.0. The van der Waals surface area contributed by atoms with Gasteiger partial charge in [-0.1, -0.05) is 13.0 Å². The van der Waals surface area contributed by atoms with Gasteiger partial charge in [0.2, 0.25) is 0 Å². The van der Waals surface area contributed by atoms with Crippen molar-refractivity contribution in [2.45, 2.75) is 33.0 Å². The van der Waals surface area contributed by atoms with E-state index in [9.17, 15) is 9.59 Å². The average Bonchev–Trinajstić information content (AvgIpc) is 3.61. The molecule has 0 atom stereocenters. The summed E-state index contributed by atoms with van der Waals surface area (Å²) in [7, 11) is 0. The third kappa shape index (κ3) is 5.60. The Morgan fingerprint density at radius 2 is 2.00 bits per heavy atom. The second-order valence-electron chi connectivity index (χ2n) is 7.64. The Kier molecular flexibility index (Phi) is 7.04. The van der Waals surface area contributed by atoms with E-state index in [2.05, 4.69) is 10.3 Å². The van der Waals surface area contributed by atoms with Crippen molar-refractivity contribution < 1.29 is 18.4 Å². The molecule has 2 amide bonds. The normalized spacial score (nSPS) is 10.8. The summed E-state index contributed by atoms with van der Waals surface area (Å²) in [5, 5.41) is 2.83. The van der Waals surface area contributed by atoms with Gasteiger partial charge in [-0.15, -0.1) is 0 Å². The predicted molar refractivity (Wildman–Crippen MR) is 121 cm³/mol. The standard InChI is InChI=1S/C25H26N4O4/c1-2-12-29(25(31)23-8-5-14-32-23)17-20-7-4-13-28(20)18-21-9-10-22(33-21)24(30)27-16-19-6-3-11-26-15-19/h3-11,13-15H,2,12,16-18H2,1H3,(H,27,30). The summed E-state index contributed by atoms with van der Waals surface area (Å²) in [4.78, 5) is 31.0. The van der Waals surface area contributed by atoms with Gasteiger partial charge in [0.15, 0.2) is 11.5 Å². The maximum atomic E-state index is 12.8. The Balaban J connectivity index is 1.39. The molecule has 0 aliphatic rings. The second-order valence-corrected chi connectivity index (χ2v) is 7.64. The number of nitrogens with zero attached hydrogens (tertiary/aromatic N) is 3. The maximum Gasteiger partial charge on any atom is 0.289 e. The van der Waals surface area contributed by atoms with E-state index >= 15 is 0 Å². The average molecular weight is 447 g/mol. The lowest BCUT2D eigenvalue weighted by molar-refractivity contribution is 0.0707. The van der Waals surface area contributed by atoms with Crippen molar-refractivity contribution in [3.05, 3.63) is 102 Å². The third-order valence-electron chi connectivity index (χ3n) is 5.18. The van der Waals surface area contributed by atoms with Crippen LogP contribution in [0.2, 0.25) is 0 Å². The minimum absolute atomic E-state index is 0.139. The highest BCUT2D eigenvalue weighted by Crippen LogP contribution is 2.16. The highest BCUT2D eigenvalue weighted by molar-refractivity contribution is 5.91. The van der Waals surface area contributed by atoms with E-state index in [0.29, 0.717) is 37.7 Å². The molecule has 0 unspecified atom stereocenters. The van der Waals surface area contributed by atoms with Gasteiger partial charge < -0.3 is 23.6 Å². The largest absolute Gasteiger partial charge is 0.459 e. The first-order valence-corrected chi connectivity index (χ1v) is 10.9. The molecule has 8 heteroatoms. The molecule has 33 heavy (non-hydrogen) atoms. The molecular formula is C25H26N4O4. The summed E-state index contributed by atoms with van der Waals surface area (Å²) >= 11 is 0. The van der Waals surface area contributed by atoms with Crippen molar-refractivity contribution >= 4 is 11.8 Å². The van der Waals surface area contributed by atoms with Gasteiger partial charge in [0.25, 0.3) is 11.8 Å². The second kappa shape index (κ2) is 10.5. The minimum Gasteiger partial charge on any atom is -0.459 e. The van der Waals surface area contributed by atoms with Crippen LogP contribution >= 0.6 is 0 Å². The number of hydrogen-bond donors (Lipinski definition) is 1. The third-order valence-corrected chi connectivity index (χ3v) is 5.18. The van der Waals surface area contributed by atoms with Gasteiger partial charge >= 0.3 is 0 Å². The minimum atomic E-state index is -0.281. The number of rotatable bonds is 10. The highest BCUT2D eigenvalue weighted by Gasteiger charge is 2.19. The van der Waals surface area contributed by atoms with Crippen LogP contribution in [0.3, 0.4) is 0 Å². The lowest BCUT2D eigenvalue weighted by Gasteiger charge is -2.22. The fourth-order valence-corrected chi connectivity index (χ4v) is 3.55. The summed E-state index contributed by atoms with van der Waals surface area (Å²) < 4.78 is 13.1. The highest BCUT2D eigenvalue weighted by atomic mass is 16.4. The van der Waals surface area contributed by atoms with Crippen LogP contribution in [0.5, 0.6) is 0 Å². The van der Waals surface area contributed by atoms with E-state index in [1.165, 1.54) is 6.26 Å². The Labute approximate surface area is 191 Å². The molecule has 0 radical (unpaired) electrons. The van der Waals surface area contributed by atoms with Crippen LogP contribution in [0.25, 0.3) is 0 Å². The first-order chi connectivity index (χ1) is 16.1. The Morgan fingerprint density at radius 1 is 1.09 bits per heavy atom. The van der Waals surface area contributed by atoms with Gasteiger partial charge in [0.05, 0.1) is 19.4 Å². The maximum absolute atomic E-state index is 12.8. The summed E-state index contributed by atoms with van der Waals surface area (Å²) in [6.45, 7) is 3.92. The van der Waals surface area contributed by atoms with Crippen LogP contribution in [0.4, 0.5) is 0 Å². The number of furan rings is 2. The number of hydrogen-bond acceptors (Lipinski definition) is 5. The van der Waals surface area contributed by atoms with Crippen LogP contribution in [0, 0.1) is 0 Å².